The summed E-state index contributed by atoms with van der Waals surface area (Å²) in [7, 11) is 0. The maximum atomic E-state index is 12.7. The number of hydrogen-bond donors (Lipinski definition) is 0. The second-order valence-electron chi connectivity index (χ2n) is 3.68. The lowest BCUT2D eigenvalue weighted by Crippen LogP contribution is -2.54. The monoisotopic (exact) mass is 310 g/mol. The highest BCUT2D eigenvalue weighted by Gasteiger charge is 2.60. The van der Waals surface area contributed by atoms with Crippen LogP contribution >= 0.6 is 23.0 Å². The molecular weight excluding hydrogens is 296 g/mol. The van der Waals surface area contributed by atoms with Crippen molar-refractivity contribution >= 4 is 23.0 Å². The molecule has 0 saturated carbocycles. The molecule has 0 aliphatic carbocycles. The second kappa shape index (κ2) is 4.33. The van der Waals surface area contributed by atoms with Crippen LogP contribution in [0.25, 0.3) is 0 Å². The molecule has 0 aromatic rings. The summed E-state index contributed by atoms with van der Waals surface area (Å²) in [6, 6.07) is 0. The standard InChI is InChI=1S/C8H14F3IO/c1-5(2)7(13-12,6(3)4)8(9,10)11/h5-6H,1-4H3. The van der Waals surface area contributed by atoms with Gasteiger partial charge in [-0.2, -0.15) is 13.2 Å². The van der Waals surface area contributed by atoms with Crippen molar-refractivity contribution in [1.82, 2.24) is 0 Å². The molecule has 0 amide bonds. The van der Waals surface area contributed by atoms with E-state index < -0.39 is 23.6 Å². The van der Waals surface area contributed by atoms with Gasteiger partial charge in [0.05, 0.1) is 0 Å². The highest BCUT2D eigenvalue weighted by Crippen LogP contribution is 2.45. The minimum Gasteiger partial charge on any atom is -0.299 e. The fourth-order valence-corrected chi connectivity index (χ4v) is 2.81. The highest BCUT2D eigenvalue weighted by atomic mass is 127. The van der Waals surface area contributed by atoms with Gasteiger partial charge in [0.25, 0.3) is 0 Å². The molecule has 0 fully saturated rings. The van der Waals surface area contributed by atoms with Gasteiger partial charge < -0.3 is 0 Å². The van der Waals surface area contributed by atoms with Crippen molar-refractivity contribution in [2.45, 2.75) is 39.5 Å². The van der Waals surface area contributed by atoms with Gasteiger partial charge in [-0.15, -0.1) is 0 Å². The Morgan fingerprint density at radius 3 is 1.31 bits per heavy atom. The Morgan fingerprint density at radius 1 is 1.00 bits per heavy atom. The summed E-state index contributed by atoms with van der Waals surface area (Å²) in [5.74, 6) is -1.19. The molecule has 13 heavy (non-hydrogen) atoms. The van der Waals surface area contributed by atoms with Gasteiger partial charge >= 0.3 is 6.18 Å². The minimum absolute atomic E-state index is 0.593. The van der Waals surface area contributed by atoms with Gasteiger partial charge in [-0.25, -0.2) is 0 Å². The molecule has 0 aliphatic heterocycles. The number of halogens is 4. The van der Waals surface area contributed by atoms with E-state index in [1.54, 1.807) is 0 Å². The first-order valence-electron chi connectivity index (χ1n) is 4.06. The van der Waals surface area contributed by atoms with Gasteiger partial charge in [0, 0.05) is 0 Å². The van der Waals surface area contributed by atoms with E-state index in [0.29, 0.717) is 0 Å². The number of hydrogen-bond acceptors (Lipinski definition) is 1. The molecule has 0 radical (unpaired) electrons. The molecule has 1 nitrogen and oxygen atoms in total. The predicted octanol–water partition coefficient (Wildman–Crippen LogP) is 3.97. The third-order valence-corrected chi connectivity index (χ3v) is 3.01. The van der Waals surface area contributed by atoms with Crippen LogP contribution in [0.15, 0.2) is 0 Å². The van der Waals surface area contributed by atoms with Crippen molar-refractivity contribution in [3.8, 4) is 0 Å². The third-order valence-electron chi connectivity index (χ3n) is 2.29. The zero-order valence-corrected chi connectivity index (χ0v) is 10.2. The van der Waals surface area contributed by atoms with Crippen LogP contribution < -0.4 is 0 Å². The van der Waals surface area contributed by atoms with E-state index in [1.165, 1.54) is 50.7 Å². The van der Waals surface area contributed by atoms with Gasteiger partial charge in [0.15, 0.2) is 5.60 Å². The lowest BCUT2D eigenvalue weighted by Gasteiger charge is -2.39. The summed E-state index contributed by atoms with van der Waals surface area (Å²) in [5.41, 5.74) is -2.03. The summed E-state index contributed by atoms with van der Waals surface area (Å²) in [4.78, 5) is 0. The van der Waals surface area contributed by atoms with Gasteiger partial charge in [-0.05, 0) is 11.8 Å². The Kier molecular flexibility index (Phi) is 4.49. The van der Waals surface area contributed by atoms with Gasteiger partial charge in [-0.3, -0.25) is 3.07 Å². The molecule has 0 aliphatic rings. The van der Waals surface area contributed by atoms with Crippen molar-refractivity contribution in [3.05, 3.63) is 0 Å². The van der Waals surface area contributed by atoms with Crippen LogP contribution in [0.4, 0.5) is 13.2 Å². The molecule has 0 aromatic carbocycles. The Hall–Kier alpha value is 0.480. The van der Waals surface area contributed by atoms with Crippen LogP contribution in [-0.2, 0) is 3.07 Å². The van der Waals surface area contributed by atoms with Crippen LogP contribution in [0.2, 0.25) is 0 Å². The first kappa shape index (κ1) is 13.5. The van der Waals surface area contributed by atoms with Gasteiger partial charge in [-0.1, -0.05) is 27.7 Å². The molecule has 0 N–H and O–H groups in total. The molecule has 5 heteroatoms. The largest absolute Gasteiger partial charge is 0.418 e. The first-order chi connectivity index (χ1) is 5.70. The first-order valence-corrected chi connectivity index (χ1v) is 4.94. The normalized spacial score (nSPS) is 14.3. The Balaban J connectivity index is 5.12. The van der Waals surface area contributed by atoms with Crippen LogP contribution in [-0.4, -0.2) is 11.8 Å². The van der Waals surface area contributed by atoms with Crippen LogP contribution in [0, 0.1) is 11.8 Å². The summed E-state index contributed by atoms with van der Waals surface area (Å²) >= 11 is 1.34. The average molecular weight is 310 g/mol. The van der Waals surface area contributed by atoms with E-state index in [4.69, 9.17) is 0 Å². The average Bonchev–Trinajstić information content (AvgIpc) is 1.83. The molecule has 0 heterocycles. The SMILES string of the molecule is CC(C)C(OI)(C(C)C)C(F)(F)F. The minimum atomic E-state index is -4.32. The molecule has 0 rings (SSSR count). The summed E-state index contributed by atoms with van der Waals surface area (Å²) in [6.07, 6.45) is -4.32. The fourth-order valence-electron chi connectivity index (χ4n) is 1.54. The lowest BCUT2D eigenvalue weighted by molar-refractivity contribution is -0.268. The molecule has 0 unspecified atom stereocenters. The van der Waals surface area contributed by atoms with Crippen molar-refractivity contribution in [2.24, 2.45) is 11.8 Å². The van der Waals surface area contributed by atoms with Crippen molar-refractivity contribution < 1.29 is 16.2 Å². The van der Waals surface area contributed by atoms with Gasteiger partial charge in [0.2, 0.25) is 0 Å². The third kappa shape index (κ3) is 2.29. The smallest absolute Gasteiger partial charge is 0.299 e. The molecule has 0 spiro atoms. The molecule has 0 saturated heterocycles. The van der Waals surface area contributed by atoms with E-state index in [0.717, 1.165) is 0 Å². The van der Waals surface area contributed by atoms with E-state index in [9.17, 15) is 13.2 Å². The topological polar surface area (TPSA) is 9.23 Å². The molecular formula is C8H14F3IO. The molecule has 80 valence electrons. The van der Waals surface area contributed by atoms with Crippen LogP contribution in [0.3, 0.4) is 0 Å². The van der Waals surface area contributed by atoms with Crippen LogP contribution in [0.5, 0.6) is 0 Å². The second-order valence-corrected chi connectivity index (χ2v) is 4.12. The summed E-state index contributed by atoms with van der Waals surface area (Å²) < 4.78 is 42.9. The maximum absolute atomic E-state index is 12.7. The quantitative estimate of drug-likeness (QED) is 0.717. The molecule has 0 atom stereocenters. The van der Waals surface area contributed by atoms with E-state index >= 15 is 0 Å². The molecule has 0 bridgehead atoms. The van der Waals surface area contributed by atoms with Crippen LogP contribution in [0.1, 0.15) is 27.7 Å². The number of rotatable bonds is 3. The van der Waals surface area contributed by atoms with E-state index in [-0.39, 0.29) is 0 Å². The highest BCUT2D eigenvalue weighted by molar-refractivity contribution is 14.1. The fraction of sp³-hybridized carbons (Fsp3) is 1.00. The van der Waals surface area contributed by atoms with E-state index in [1.807, 2.05) is 0 Å². The van der Waals surface area contributed by atoms with Gasteiger partial charge in [0.1, 0.15) is 23.0 Å². The van der Waals surface area contributed by atoms with Crippen molar-refractivity contribution in [1.29, 1.82) is 0 Å². The van der Waals surface area contributed by atoms with E-state index in [2.05, 4.69) is 3.07 Å². The van der Waals surface area contributed by atoms with Crippen molar-refractivity contribution in [3.63, 3.8) is 0 Å². The maximum Gasteiger partial charge on any atom is 0.418 e. The zero-order valence-electron chi connectivity index (χ0n) is 8.07. The summed E-state index contributed by atoms with van der Waals surface area (Å²) in [5, 5.41) is 0. The Bertz CT molecular complexity index is 157. The Labute approximate surface area is 90.7 Å². The van der Waals surface area contributed by atoms with Crippen molar-refractivity contribution in [2.75, 3.05) is 0 Å². The predicted molar refractivity (Wildman–Crippen MR) is 53.6 cm³/mol. The number of alkyl halides is 3. The summed E-state index contributed by atoms with van der Waals surface area (Å²) in [6.45, 7) is 6.08. The zero-order chi connectivity index (χ0) is 10.9. The lowest BCUT2D eigenvalue weighted by atomic mass is 9.80. The molecule has 0 aromatic heterocycles. The Morgan fingerprint density at radius 2 is 1.31 bits per heavy atom.